The normalized spacial score (nSPS) is 20.5. The third-order valence-electron chi connectivity index (χ3n) is 3.20. The van der Waals surface area contributed by atoms with Gasteiger partial charge in [-0.1, -0.05) is 0 Å². The molecule has 1 amide bonds. The number of carbonyl (C=O) groups is 1. The van der Waals surface area contributed by atoms with Crippen LogP contribution in [0.4, 0.5) is 26.3 Å². The summed E-state index contributed by atoms with van der Waals surface area (Å²) in [5.41, 5.74) is 1.48. The number of halogens is 7. The summed E-state index contributed by atoms with van der Waals surface area (Å²) in [7, 11) is 0. The molecule has 1 aliphatic rings. The highest BCUT2D eigenvalue weighted by Gasteiger charge is 2.72. The molecule has 20 heavy (non-hydrogen) atoms. The molecule has 1 fully saturated rings. The lowest BCUT2D eigenvalue weighted by molar-refractivity contribution is -0.334. The predicted molar refractivity (Wildman–Crippen MR) is 61.3 cm³/mol. The van der Waals surface area contributed by atoms with Crippen LogP contribution in [0.15, 0.2) is 0 Å². The first kappa shape index (κ1) is 19.3. The van der Waals surface area contributed by atoms with Crippen molar-refractivity contribution in [2.75, 3.05) is 13.1 Å². The Morgan fingerprint density at radius 2 is 1.70 bits per heavy atom. The molecule has 0 radical (unpaired) electrons. The van der Waals surface area contributed by atoms with Crippen LogP contribution in [0.3, 0.4) is 0 Å². The number of amides is 1. The Balaban J connectivity index is 0.00000361. The van der Waals surface area contributed by atoms with Crippen LogP contribution in [0.5, 0.6) is 0 Å². The Kier molecular flexibility index (Phi) is 5.76. The van der Waals surface area contributed by atoms with Crippen molar-refractivity contribution < 1.29 is 31.1 Å². The number of carbonyl (C=O) groups excluding carboxylic acids is 1. The highest BCUT2D eigenvalue weighted by molar-refractivity contribution is 5.85. The lowest BCUT2D eigenvalue weighted by atomic mass is 9.85. The fraction of sp³-hybridized carbons (Fsp3) is 0.900. The van der Waals surface area contributed by atoms with Crippen molar-refractivity contribution in [3.05, 3.63) is 0 Å². The zero-order valence-electron chi connectivity index (χ0n) is 10.5. The second-order valence-corrected chi connectivity index (χ2v) is 4.82. The average molecular weight is 329 g/mol. The van der Waals surface area contributed by atoms with Crippen molar-refractivity contribution in [1.29, 1.82) is 0 Å². The van der Waals surface area contributed by atoms with Crippen LogP contribution >= 0.6 is 12.4 Å². The molecule has 1 unspecified atom stereocenters. The first-order valence-corrected chi connectivity index (χ1v) is 5.57. The summed E-state index contributed by atoms with van der Waals surface area (Å²) in [6.45, 7) is -0.495. The molecule has 0 saturated carbocycles. The van der Waals surface area contributed by atoms with Crippen molar-refractivity contribution in [2.24, 2.45) is 11.1 Å². The van der Waals surface area contributed by atoms with Gasteiger partial charge in [0.05, 0.1) is 0 Å². The number of alkyl halides is 6. The van der Waals surface area contributed by atoms with Crippen LogP contribution in [0.1, 0.15) is 19.8 Å². The van der Waals surface area contributed by atoms with Gasteiger partial charge in [-0.2, -0.15) is 26.3 Å². The molecular formula is C10H15ClF6N2O. The molecule has 0 aromatic carbocycles. The van der Waals surface area contributed by atoms with Crippen molar-refractivity contribution in [2.45, 2.75) is 38.2 Å². The Hall–Kier alpha value is -0.700. The van der Waals surface area contributed by atoms with Gasteiger partial charge in [-0.05, 0) is 13.3 Å². The summed E-state index contributed by atoms with van der Waals surface area (Å²) in [6.07, 6.45) is -12.3. The van der Waals surface area contributed by atoms with Crippen molar-refractivity contribution in [3.8, 4) is 0 Å². The van der Waals surface area contributed by atoms with E-state index in [1.165, 1.54) is 6.92 Å². The van der Waals surface area contributed by atoms with Crippen molar-refractivity contribution in [3.63, 3.8) is 0 Å². The second kappa shape index (κ2) is 5.97. The standard InChI is InChI=1S/C10H14F6N2O.ClH/c1-6(17)4-7(19)18-3-2-8(5-18,9(11,12)13)10(14,15)16;/h6H,2-5,17H2,1H3;1H. The molecule has 1 heterocycles. The predicted octanol–water partition coefficient (Wildman–Crippen LogP) is 2.49. The Morgan fingerprint density at radius 3 is 2.00 bits per heavy atom. The second-order valence-electron chi connectivity index (χ2n) is 4.82. The van der Waals surface area contributed by atoms with E-state index in [-0.39, 0.29) is 18.8 Å². The SMILES string of the molecule is CC(N)CC(=O)N1CCC(C(F)(F)F)(C(F)(F)F)C1.Cl. The number of nitrogens with two attached hydrogens (primary N) is 1. The Labute approximate surface area is 117 Å². The Bertz CT molecular complexity index is 341. The number of rotatable bonds is 2. The van der Waals surface area contributed by atoms with Gasteiger partial charge in [-0.3, -0.25) is 4.79 Å². The molecule has 10 heteroatoms. The van der Waals surface area contributed by atoms with Crippen LogP contribution in [-0.2, 0) is 4.79 Å². The van der Waals surface area contributed by atoms with Crippen LogP contribution in [-0.4, -0.2) is 42.3 Å². The minimum Gasteiger partial charge on any atom is -0.341 e. The minimum atomic E-state index is -5.44. The molecule has 0 spiro atoms. The molecule has 0 aromatic rings. The lowest BCUT2D eigenvalue weighted by Crippen LogP contribution is -2.52. The van der Waals surface area contributed by atoms with Gasteiger partial charge < -0.3 is 10.6 Å². The molecule has 0 aliphatic carbocycles. The van der Waals surface area contributed by atoms with Gasteiger partial charge in [0.1, 0.15) is 0 Å². The fourth-order valence-corrected chi connectivity index (χ4v) is 2.05. The van der Waals surface area contributed by atoms with E-state index in [0.29, 0.717) is 4.90 Å². The molecule has 1 aliphatic heterocycles. The maximum Gasteiger partial charge on any atom is 0.404 e. The summed E-state index contributed by atoms with van der Waals surface area (Å²) in [5, 5.41) is 0. The van der Waals surface area contributed by atoms with Gasteiger partial charge in [0.25, 0.3) is 0 Å². The van der Waals surface area contributed by atoms with Crippen molar-refractivity contribution >= 4 is 18.3 Å². The molecule has 1 atom stereocenters. The number of nitrogens with zero attached hydrogens (tertiary/aromatic N) is 1. The molecule has 3 nitrogen and oxygen atoms in total. The molecular weight excluding hydrogens is 314 g/mol. The summed E-state index contributed by atoms with van der Waals surface area (Å²) < 4.78 is 76.4. The summed E-state index contributed by atoms with van der Waals surface area (Å²) in [6, 6.07) is -0.612. The average Bonchev–Trinajstić information content (AvgIpc) is 2.59. The van der Waals surface area contributed by atoms with E-state index < -0.39 is 49.2 Å². The lowest BCUT2D eigenvalue weighted by Gasteiger charge is -2.33. The summed E-state index contributed by atoms with van der Waals surface area (Å²) in [4.78, 5) is 12.1. The first-order valence-electron chi connectivity index (χ1n) is 5.57. The van der Waals surface area contributed by atoms with Gasteiger partial charge in [-0.15, -0.1) is 12.4 Å². The van der Waals surface area contributed by atoms with E-state index in [1.807, 2.05) is 0 Å². The van der Waals surface area contributed by atoms with E-state index >= 15 is 0 Å². The molecule has 2 N–H and O–H groups in total. The van der Waals surface area contributed by atoms with Gasteiger partial charge in [-0.25, -0.2) is 0 Å². The zero-order chi connectivity index (χ0) is 15.1. The molecule has 120 valence electrons. The third-order valence-corrected chi connectivity index (χ3v) is 3.20. The zero-order valence-corrected chi connectivity index (χ0v) is 11.3. The number of hydrogen-bond donors (Lipinski definition) is 1. The van der Waals surface area contributed by atoms with E-state index in [0.717, 1.165) is 0 Å². The number of hydrogen-bond acceptors (Lipinski definition) is 2. The Morgan fingerprint density at radius 1 is 1.25 bits per heavy atom. The monoisotopic (exact) mass is 328 g/mol. The van der Waals surface area contributed by atoms with Crippen LogP contribution in [0.2, 0.25) is 0 Å². The maximum absolute atomic E-state index is 12.7. The van der Waals surface area contributed by atoms with Gasteiger partial charge in [0, 0.05) is 25.6 Å². The van der Waals surface area contributed by atoms with Crippen LogP contribution in [0.25, 0.3) is 0 Å². The van der Waals surface area contributed by atoms with Gasteiger partial charge >= 0.3 is 12.4 Å². The largest absolute Gasteiger partial charge is 0.404 e. The van der Waals surface area contributed by atoms with E-state index in [2.05, 4.69) is 0 Å². The smallest absolute Gasteiger partial charge is 0.341 e. The molecule has 0 aromatic heterocycles. The molecule has 1 saturated heterocycles. The van der Waals surface area contributed by atoms with E-state index in [1.54, 1.807) is 0 Å². The van der Waals surface area contributed by atoms with Gasteiger partial charge in [0.15, 0.2) is 5.41 Å². The van der Waals surface area contributed by atoms with Crippen LogP contribution in [0, 0.1) is 5.41 Å². The van der Waals surface area contributed by atoms with Gasteiger partial charge in [0.2, 0.25) is 5.91 Å². The maximum atomic E-state index is 12.7. The minimum absolute atomic E-state index is 0. The third kappa shape index (κ3) is 3.49. The highest BCUT2D eigenvalue weighted by Crippen LogP contribution is 2.55. The van der Waals surface area contributed by atoms with Crippen molar-refractivity contribution in [1.82, 2.24) is 4.90 Å². The fourth-order valence-electron chi connectivity index (χ4n) is 2.05. The topological polar surface area (TPSA) is 46.3 Å². The number of likely N-dealkylation sites (tertiary alicyclic amines) is 1. The quantitative estimate of drug-likeness (QED) is 0.792. The molecule has 0 bridgehead atoms. The molecule has 1 rings (SSSR count). The summed E-state index contributed by atoms with van der Waals surface area (Å²) in [5.74, 6) is -0.787. The van der Waals surface area contributed by atoms with Crippen LogP contribution < -0.4 is 5.73 Å². The van der Waals surface area contributed by atoms with E-state index in [4.69, 9.17) is 5.73 Å². The first-order chi connectivity index (χ1) is 8.41. The van der Waals surface area contributed by atoms with E-state index in [9.17, 15) is 31.1 Å². The summed E-state index contributed by atoms with van der Waals surface area (Å²) >= 11 is 0. The highest BCUT2D eigenvalue weighted by atomic mass is 35.5.